The molecule has 1 fully saturated rings. The number of nitrogens with zero attached hydrogens (tertiary/aromatic N) is 4. The Morgan fingerprint density at radius 3 is 2.59 bits per heavy atom. The number of hydrogen-bond acceptors (Lipinski definition) is 5. The lowest BCUT2D eigenvalue weighted by atomic mass is 9.90. The maximum Gasteiger partial charge on any atom is 0.263 e. The SMILES string of the molecule is C/C=C/c1cnc(-c2cccnc2)nc1C1CCN(C(=O)C(C)Oc2ccccc2)CC1. The molecule has 0 saturated carbocycles. The highest BCUT2D eigenvalue weighted by Crippen LogP contribution is 2.31. The highest BCUT2D eigenvalue weighted by atomic mass is 16.5. The number of benzene rings is 1. The van der Waals surface area contributed by atoms with E-state index in [1.807, 2.05) is 73.5 Å². The number of carbonyl (C=O) groups excluding carboxylic acids is 1. The molecule has 1 aliphatic rings. The number of rotatable bonds is 6. The van der Waals surface area contributed by atoms with E-state index in [1.165, 1.54) is 0 Å². The summed E-state index contributed by atoms with van der Waals surface area (Å²) in [6, 6.07) is 13.3. The zero-order valence-corrected chi connectivity index (χ0v) is 18.5. The standard InChI is InChI=1S/C26H28N4O2/c1-3-8-21-18-28-25(22-9-7-14-27-17-22)29-24(21)20-12-15-30(16-13-20)26(31)19(2)32-23-10-5-4-6-11-23/h3-11,14,17-20H,12-13,15-16H2,1-2H3/b8-3+. The fraction of sp³-hybridized carbons (Fsp3) is 0.308. The van der Waals surface area contributed by atoms with Crippen molar-refractivity contribution in [2.75, 3.05) is 13.1 Å². The van der Waals surface area contributed by atoms with Crippen molar-refractivity contribution in [3.8, 4) is 17.1 Å². The monoisotopic (exact) mass is 428 g/mol. The van der Waals surface area contributed by atoms with Gasteiger partial charge in [0.25, 0.3) is 5.91 Å². The van der Waals surface area contributed by atoms with Gasteiger partial charge < -0.3 is 9.64 Å². The Balaban J connectivity index is 1.45. The van der Waals surface area contributed by atoms with Gasteiger partial charge in [-0.2, -0.15) is 0 Å². The zero-order chi connectivity index (χ0) is 22.3. The number of amides is 1. The molecule has 0 bridgehead atoms. The summed E-state index contributed by atoms with van der Waals surface area (Å²) in [5.41, 5.74) is 2.98. The van der Waals surface area contributed by atoms with Crippen molar-refractivity contribution < 1.29 is 9.53 Å². The first-order chi connectivity index (χ1) is 15.7. The molecule has 6 heteroatoms. The number of likely N-dealkylation sites (tertiary alicyclic amines) is 1. The minimum Gasteiger partial charge on any atom is -0.481 e. The lowest BCUT2D eigenvalue weighted by molar-refractivity contribution is -0.139. The van der Waals surface area contributed by atoms with Crippen molar-refractivity contribution >= 4 is 12.0 Å². The molecular weight excluding hydrogens is 400 g/mol. The van der Waals surface area contributed by atoms with E-state index in [1.54, 1.807) is 12.4 Å². The molecule has 164 valence electrons. The van der Waals surface area contributed by atoms with Crippen LogP contribution in [0.1, 0.15) is 43.9 Å². The van der Waals surface area contributed by atoms with E-state index >= 15 is 0 Å². The van der Waals surface area contributed by atoms with Crippen molar-refractivity contribution in [2.45, 2.75) is 38.7 Å². The summed E-state index contributed by atoms with van der Waals surface area (Å²) in [7, 11) is 0. The number of allylic oxidation sites excluding steroid dienone is 1. The molecule has 1 aliphatic heterocycles. The van der Waals surface area contributed by atoms with Crippen LogP contribution in [0.2, 0.25) is 0 Å². The molecule has 6 nitrogen and oxygen atoms in total. The average Bonchev–Trinajstić information content (AvgIpc) is 2.85. The van der Waals surface area contributed by atoms with Crippen molar-refractivity contribution in [1.82, 2.24) is 19.9 Å². The van der Waals surface area contributed by atoms with Gasteiger partial charge in [-0.1, -0.05) is 30.4 Å². The molecule has 1 atom stereocenters. The predicted molar refractivity (Wildman–Crippen MR) is 125 cm³/mol. The van der Waals surface area contributed by atoms with Crippen LogP contribution in [0.25, 0.3) is 17.5 Å². The second-order valence-corrected chi connectivity index (χ2v) is 7.95. The predicted octanol–water partition coefficient (Wildman–Crippen LogP) is 4.75. The summed E-state index contributed by atoms with van der Waals surface area (Å²) in [4.78, 5) is 28.5. The minimum atomic E-state index is -0.510. The Bertz CT molecular complexity index is 1060. The fourth-order valence-corrected chi connectivity index (χ4v) is 4.06. The maximum absolute atomic E-state index is 12.9. The van der Waals surface area contributed by atoms with Crippen molar-refractivity contribution in [1.29, 1.82) is 0 Å². The first-order valence-electron chi connectivity index (χ1n) is 11.1. The van der Waals surface area contributed by atoms with Crippen LogP contribution >= 0.6 is 0 Å². The molecule has 0 N–H and O–H groups in total. The van der Waals surface area contributed by atoms with Gasteiger partial charge in [0.05, 0.1) is 5.69 Å². The average molecular weight is 429 g/mol. The first-order valence-corrected chi connectivity index (χ1v) is 11.1. The van der Waals surface area contributed by atoms with Gasteiger partial charge in [-0.15, -0.1) is 0 Å². The molecule has 3 heterocycles. The van der Waals surface area contributed by atoms with Gasteiger partial charge >= 0.3 is 0 Å². The lowest BCUT2D eigenvalue weighted by Crippen LogP contribution is -2.44. The molecule has 4 rings (SSSR count). The molecule has 0 radical (unpaired) electrons. The van der Waals surface area contributed by atoms with E-state index in [9.17, 15) is 4.79 Å². The van der Waals surface area contributed by atoms with Crippen LogP contribution in [-0.4, -0.2) is 45.0 Å². The summed E-state index contributed by atoms with van der Waals surface area (Å²) in [5, 5.41) is 0. The maximum atomic E-state index is 12.9. The summed E-state index contributed by atoms with van der Waals surface area (Å²) in [6.07, 6.45) is 10.7. The first kappa shape index (κ1) is 21.7. The highest BCUT2D eigenvalue weighted by Gasteiger charge is 2.29. The van der Waals surface area contributed by atoms with Crippen LogP contribution in [0, 0.1) is 0 Å². The van der Waals surface area contributed by atoms with Gasteiger partial charge in [-0.25, -0.2) is 9.97 Å². The third-order valence-corrected chi connectivity index (χ3v) is 5.71. The molecule has 0 aliphatic carbocycles. The summed E-state index contributed by atoms with van der Waals surface area (Å²) in [6.45, 7) is 5.19. The third kappa shape index (κ3) is 5.02. The molecule has 1 unspecified atom stereocenters. The van der Waals surface area contributed by atoms with E-state index < -0.39 is 6.10 Å². The Kier molecular flexibility index (Phi) is 6.90. The molecular formula is C26H28N4O2. The van der Waals surface area contributed by atoms with Gasteiger partial charge in [0, 0.05) is 48.7 Å². The number of piperidine rings is 1. The van der Waals surface area contributed by atoms with Crippen LogP contribution < -0.4 is 4.74 Å². The van der Waals surface area contributed by atoms with Gasteiger partial charge in [0.2, 0.25) is 0 Å². The normalized spacial score (nSPS) is 15.6. The highest BCUT2D eigenvalue weighted by molar-refractivity contribution is 5.81. The summed E-state index contributed by atoms with van der Waals surface area (Å²) >= 11 is 0. The van der Waals surface area contributed by atoms with E-state index in [4.69, 9.17) is 9.72 Å². The number of pyridine rings is 1. The Morgan fingerprint density at radius 2 is 1.91 bits per heavy atom. The summed E-state index contributed by atoms with van der Waals surface area (Å²) in [5.74, 6) is 1.70. The number of aromatic nitrogens is 3. The molecule has 3 aromatic rings. The Morgan fingerprint density at radius 1 is 1.12 bits per heavy atom. The van der Waals surface area contributed by atoms with Gasteiger partial charge in [0.15, 0.2) is 11.9 Å². The molecule has 2 aromatic heterocycles. The second-order valence-electron chi connectivity index (χ2n) is 7.95. The zero-order valence-electron chi connectivity index (χ0n) is 18.5. The van der Waals surface area contributed by atoms with Crippen LogP contribution in [0.5, 0.6) is 5.75 Å². The summed E-state index contributed by atoms with van der Waals surface area (Å²) < 4.78 is 5.83. The number of ether oxygens (including phenoxy) is 1. The minimum absolute atomic E-state index is 0.0275. The van der Waals surface area contributed by atoms with E-state index in [-0.39, 0.29) is 11.8 Å². The van der Waals surface area contributed by atoms with Crippen LogP contribution in [0.4, 0.5) is 0 Å². The smallest absolute Gasteiger partial charge is 0.263 e. The molecule has 1 saturated heterocycles. The van der Waals surface area contributed by atoms with Crippen LogP contribution in [-0.2, 0) is 4.79 Å². The third-order valence-electron chi connectivity index (χ3n) is 5.71. The van der Waals surface area contributed by atoms with Gasteiger partial charge in [0.1, 0.15) is 5.75 Å². The quantitative estimate of drug-likeness (QED) is 0.567. The Hall–Kier alpha value is -3.54. The van der Waals surface area contributed by atoms with E-state index in [0.29, 0.717) is 24.7 Å². The second kappa shape index (κ2) is 10.2. The topological polar surface area (TPSA) is 68.2 Å². The fourth-order valence-electron chi connectivity index (χ4n) is 4.06. The largest absolute Gasteiger partial charge is 0.481 e. The Labute approximate surface area is 189 Å². The number of carbonyl (C=O) groups is 1. The van der Waals surface area contributed by atoms with E-state index in [0.717, 1.165) is 29.7 Å². The van der Waals surface area contributed by atoms with Crippen molar-refractivity contribution in [2.24, 2.45) is 0 Å². The van der Waals surface area contributed by atoms with Crippen molar-refractivity contribution in [3.05, 3.63) is 78.4 Å². The van der Waals surface area contributed by atoms with Crippen LogP contribution in [0.3, 0.4) is 0 Å². The number of hydrogen-bond donors (Lipinski definition) is 0. The molecule has 1 aromatic carbocycles. The number of para-hydroxylation sites is 1. The van der Waals surface area contributed by atoms with E-state index in [2.05, 4.69) is 16.0 Å². The van der Waals surface area contributed by atoms with Crippen LogP contribution in [0.15, 0.2) is 67.1 Å². The van der Waals surface area contributed by atoms with Crippen molar-refractivity contribution in [3.63, 3.8) is 0 Å². The van der Waals surface area contributed by atoms with Gasteiger partial charge in [-0.05, 0) is 51.0 Å². The molecule has 1 amide bonds. The molecule has 32 heavy (non-hydrogen) atoms. The lowest BCUT2D eigenvalue weighted by Gasteiger charge is -2.33. The van der Waals surface area contributed by atoms with Gasteiger partial charge in [-0.3, -0.25) is 9.78 Å². The molecule has 0 spiro atoms.